The second-order valence-corrected chi connectivity index (χ2v) is 6.34. The molecule has 0 aromatic carbocycles. The van der Waals surface area contributed by atoms with Crippen LogP contribution < -0.4 is 5.32 Å². The van der Waals surface area contributed by atoms with E-state index in [2.05, 4.69) is 33.0 Å². The molecule has 0 spiro atoms. The number of rotatable bonds is 7. The normalized spacial score (nSPS) is 30.7. The molecule has 0 aliphatic carbocycles. The first-order valence-electron chi connectivity index (χ1n) is 7.51. The Morgan fingerprint density at radius 2 is 1.83 bits per heavy atom. The molecule has 1 fully saturated rings. The van der Waals surface area contributed by atoms with Crippen molar-refractivity contribution in [2.75, 3.05) is 13.2 Å². The molecule has 108 valence electrons. The highest BCUT2D eigenvalue weighted by Crippen LogP contribution is 2.20. The van der Waals surface area contributed by atoms with Crippen molar-refractivity contribution in [1.82, 2.24) is 5.32 Å². The topological polar surface area (TPSA) is 41.5 Å². The third-order valence-corrected chi connectivity index (χ3v) is 3.73. The first-order valence-corrected chi connectivity index (χ1v) is 7.51. The van der Waals surface area contributed by atoms with Crippen LogP contribution in [-0.2, 0) is 4.74 Å². The molecule has 0 aromatic heterocycles. The average molecular weight is 257 g/mol. The molecule has 1 rings (SSSR count). The highest BCUT2D eigenvalue weighted by Gasteiger charge is 2.24. The lowest BCUT2D eigenvalue weighted by atomic mass is 9.93. The Kier molecular flexibility index (Phi) is 7.20. The Labute approximate surface area is 112 Å². The van der Waals surface area contributed by atoms with Crippen LogP contribution in [0.4, 0.5) is 0 Å². The van der Waals surface area contributed by atoms with E-state index in [4.69, 9.17) is 9.84 Å². The highest BCUT2D eigenvalue weighted by molar-refractivity contribution is 4.79. The van der Waals surface area contributed by atoms with Crippen molar-refractivity contribution in [3.63, 3.8) is 0 Å². The number of ether oxygens (including phenoxy) is 1. The van der Waals surface area contributed by atoms with Gasteiger partial charge in [-0.1, -0.05) is 13.8 Å². The van der Waals surface area contributed by atoms with E-state index in [1.165, 1.54) is 6.42 Å². The molecular formula is C15H31NO2. The van der Waals surface area contributed by atoms with Crippen LogP contribution in [0.2, 0.25) is 0 Å². The molecule has 3 atom stereocenters. The Hall–Kier alpha value is -0.120. The fourth-order valence-corrected chi connectivity index (χ4v) is 3.06. The largest absolute Gasteiger partial charge is 0.396 e. The molecule has 3 heteroatoms. The highest BCUT2D eigenvalue weighted by atomic mass is 16.5. The molecule has 18 heavy (non-hydrogen) atoms. The van der Waals surface area contributed by atoms with Gasteiger partial charge in [-0.15, -0.1) is 0 Å². The van der Waals surface area contributed by atoms with Gasteiger partial charge in [0.2, 0.25) is 0 Å². The minimum Gasteiger partial charge on any atom is -0.396 e. The molecule has 1 heterocycles. The van der Waals surface area contributed by atoms with Crippen molar-refractivity contribution in [2.45, 2.75) is 71.6 Å². The van der Waals surface area contributed by atoms with Crippen molar-refractivity contribution in [1.29, 1.82) is 0 Å². The number of aliphatic hydroxyl groups excluding tert-OH is 1. The summed E-state index contributed by atoms with van der Waals surface area (Å²) in [5.74, 6) is 1.30. The summed E-state index contributed by atoms with van der Waals surface area (Å²) in [7, 11) is 0. The zero-order chi connectivity index (χ0) is 13.5. The fourth-order valence-electron chi connectivity index (χ4n) is 3.06. The molecule has 3 unspecified atom stereocenters. The van der Waals surface area contributed by atoms with Crippen molar-refractivity contribution in [3.05, 3.63) is 0 Å². The van der Waals surface area contributed by atoms with Crippen LogP contribution in [0.15, 0.2) is 0 Å². The molecule has 1 aliphatic rings. The van der Waals surface area contributed by atoms with Crippen LogP contribution in [0.1, 0.15) is 53.4 Å². The Balaban J connectivity index is 2.31. The maximum absolute atomic E-state index is 9.12. The summed E-state index contributed by atoms with van der Waals surface area (Å²) in [6.07, 6.45) is 5.07. The van der Waals surface area contributed by atoms with Crippen LogP contribution in [-0.4, -0.2) is 36.5 Å². The summed E-state index contributed by atoms with van der Waals surface area (Å²) in [5, 5.41) is 12.8. The van der Waals surface area contributed by atoms with Gasteiger partial charge in [0, 0.05) is 12.6 Å². The number of hydrogen-bond donors (Lipinski definition) is 2. The van der Waals surface area contributed by atoms with Crippen LogP contribution in [0, 0.1) is 11.8 Å². The van der Waals surface area contributed by atoms with E-state index in [9.17, 15) is 0 Å². The van der Waals surface area contributed by atoms with Gasteiger partial charge in [0.15, 0.2) is 0 Å². The SMILES string of the molecule is CC(C)CC(CCO)CNC1CC(C)OC(C)C1. The molecule has 2 N–H and O–H groups in total. The van der Waals surface area contributed by atoms with Crippen molar-refractivity contribution >= 4 is 0 Å². The van der Waals surface area contributed by atoms with Crippen LogP contribution >= 0.6 is 0 Å². The van der Waals surface area contributed by atoms with Crippen LogP contribution in [0.5, 0.6) is 0 Å². The van der Waals surface area contributed by atoms with E-state index in [-0.39, 0.29) is 0 Å². The van der Waals surface area contributed by atoms with E-state index in [1.807, 2.05) is 0 Å². The van der Waals surface area contributed by atoms with E-state index in [0.717, 1.165) is 25.8 Å². The summed E-state index contributed by atoms with van der Waals surface area (Å²) in [6.45, 7) is 10.2. The van der Waals surface area contributed by atoms with Gasteiger partial charge in [-0.05, 0) is 57.9 Å². The summed E-state index contributed by atoms with van der Waals surface area (Å²) < 4.78 is 5.76. The molecule has 0 amide bonds. The Morgan fingerprint density at radius 3 is 2.33 bits per heavy atom. The molecule has 3 nitrogen and oxygen atoms in total. The molecular weight excluding hydrogens is 226 g/mol. The molecule has 1 saturated heterocycles. The summed E-state index contributed by atoms with van der Waals surface area (Å²) in [6, 6.07) is 0.581. The lowest BCUT2D eigenvalue weighted by Gasteiger charge is -2.33. The molecule has 0 aromatic rings. The smallest absolute Gasteiger partial charge is 0.0565 e. The standard InChI is InChI=1S/C15H31NO2/c1-11(2)7-14(5-6-17)10-16-15-8-12(3)18-13(4)9-15/h11-17H,5-10H2,1-4H3. The molecule has 0 saturated carbocycles. The van der Waals surface area contributed by atoms with Crippen molar-refractivity contribution in [2.24, 2.45) is 11.8 Å². The van der Waals surface area contributed by atoms with Crippen molar-refractivity contribution < 1.29 is 9.84 Å². The fraction of sp³-hybridized carbons (Fsp3) is 1.00. The number of aliphatic hydroxyl groups is 1. The lowest BCUT2D eigenvalue weighted by Crippen LogP contribution is -2.43. The van der Waals surface area contributed by atoms with Crippen LogP contribution in [0.3, 0.4) is 0 Å². The maximum atomic E-state index is 9.12. The first kappa shape index (κ1) is 15.9. The van der Waals surface area contributed by atoms with E-state index < -0.39 is 0 Å². The van der Waals surface area contributed by atoms with Gasteiger partial charge < -0.3 is 15.2 Å². The number of nitrogens with one attached hydrogen (secondary N) is 1. The molecule has 0 radical (unpaired) electrons. The second-order valence-electron chi connectivity index (χ2n) is 6.34. The third kappa shape index (κ3) is 6.17. The quantitative estimate of drug-likeness (QED) is 0.736. The molecule has 0 bridgehead atoms. The van der Waals surface area contributed by atoms with Gasteiger partial charge >= 0.3 is 0 Å². The predicted octanol–water partition coefficient (Wildman–Crippen LogP) is 2.58. The third-order valence-electron chi connectivity index (χ3n) is 3.73. The van der Waals surface area contributed by atoms with Gasteiger partial charge in [0.05, 0.1) is 12.2 Å². The van der Waals surface area contributed by atoms with Gasteiger partial charge in [-0.2, -0.15) is 0 Å². The minimum absolute atomic E-state index is 0.305. The van der Waals surface area contributed by atoms with E-state index in [1.54, 1.807) is 0 Å². The average Bonchev–Trinajstić information content (AvgIpc) is 2.24. The lowest BCUT2D eigenvalue weighted by molar-refractivity contribution is -0.0426. The van der Waals surface area contributed by atoms with Gasteiger partial charge in [-0.3, -0.25) is 0 Å². The Morgan fingerprint density at radius 1 is 1.22 bits per heavy atom. The summed E-state index contributed by atoms with van der Waals surface area (Å²) in [5.41, 5.74) is 0. The molecule has 1 aliphatic heterocycles. The zero-order valence-corrected chi connectivity index (χ0v) is 12.5. The van der Waals surface area contributed by atoms with Gasteiger partial charge in [-0.25, -0.2) is 0 Å². The second kappa shape index (κ2) is 8.13. The number of hydrogen-bond acceptors (Lipinski definition) is 3. The zero-order valence-electron chi connectivity index (χ0n) is 12.5. The monoisotopic (exact) mass is 257 g/mol. The van der Waals surface area contributed by atoms with Gasteiger partial charge in [0.1, 0.15) is 0 Å². The van der Waals surface area contributed by atoms with E-state index >= 15 is 0 Å². The Bertz CT molecular complexity index is 206. The predicted molar refractivity (Wildman–Crippen MR) is 75.7 cm³/mol. The maximum Gasteiger partial charge on any atom is 0.0565 e. The van der Waals surface area contributed by atoms with Crippen molar-refractivity contribution in [3.8, 4) is 0 Å². The van der Waals surface area contributed by atoms with Gasteiger partial charge in [0.25, 0.3) is 0 Å². The summed E-state index contributed by atoms with van der Waals surface area (Å²) >= 11 is 0. The summed E-state index contributed by atoms with van der Waals surface area (Å²) in [4.78, 5) is 0. The van der Waals surface area contributed by atoms with Crippen LogP contribution in [0.25, 0.3) is 0 Å². The minimum atomic E-state index is 0.305. The van der Waals surface area contributed by atoms with E-state index in [0.29, 0.717) is 36.7 Å². The first-order chi connectivity index (χ1) is 8.51.